The van der Waals surface area contributed by atoms with Crippen LogP contribution in [0, 0.1) is 5.82 Å². The molecule has 4 nitrogen and oxygen atoms in total. The van der Waals surface area contributed by atoms with Crippen LogP contribution < -0.4 is 5.73 Å². The zero-order chi connectivity index (χ0) is 17.2. The Bertz CT molecular complexity index is 541. The summed E-state index contributed by atoms with van der Waals surface area (Å²) in [4.78, 5) is 2.10. The number of hydrogen-bond donors (Lipinski definition) is 2. The summed E-state index contributed by atoms with van der Waals surface area (Å²) in [5.41, 5.74) is 6.71. The number of hydrogen-bond acceptors (Lipinski definition) is 4. The Morgan fingerprint density at radius 2 is 1.92 bits per heavy atom. The number of halogens is 1. The lowest BCUT2D eigenvalue weighted by Gasteiger charge is -2.51. The van der Waals surface area contributed by atoms with Gasteiger partial charge in [-0.1, -0.05) is 25.5 Å². The number of benzene rings is 1. The lowest BCUT2D eigenvalue weighted by molar-refractivity contribution is -0.154. The van der Waals surface area contributed by atoms with Crippen molar-refractivity contribution in [3.63, 3.8) is 0 Å². The van der Waals surface area contributed by atoms with Crippen LogP contribution in [0.25, 0.3) is 0 Å². The Hall–Kier alpha value is -1.01. The fourth-order valence-corrected chi connectivity index (χ4v) is 4.24. The van der Waals surface area contributed by atoms with E-state index in [1.807, 2.05) is 19.1 Å². The molecule has 0 aromatic heterocycles. The molecule has 2 unspecified atom stereocenters. The first kappa shape index (κ1) is 17.8. The van der Waals surface area contributed by atoms with Crippen molar-refractivity contribution in [1.82, 2.24) is 4.90 Å². The molecule has 0 bridgehead atoms. The minimum Gasteiger partial charge on any atom is -0.379 e. The minimum absolute atomic E-state index is 0.136. The molecule has 1 saturated carbocycles. The number of nitrogens with zero attached hydrogens (tertiary/aromatic N) is 1. The molecule has 134 valence electrons. The van der Waals surface area contributed by atoms with Crippen LogP contribution in [-0.4, -0.2) is 48.1 Å². The summed E-state index contributed by atoms with van der Waals surface area (Å²) in [5, 5.41) is 11.2. The number of morpholine rings is 1. The fourth-order valence-electron chi connectivity index (χ4n) is 4.24. The van der Waals surface area contributed by atoms with Crippen molar-refractivity contribution in [2.24, 2.45) is 5.73 Å². The van der Waals surface area contributed by atoms with Crippen molar-refractivity contribution in [1.29, 1.82) is 0 Å². The molecule has 5 heteroatoms. The fraction of sp³-hybridized carbons (Fsp3) is 0.684. The molecule has 3 N–H and O–H groups in total. The topological polar surface area (TPSA) is 58.7 Å². The average Bonchev–Trinajstić information content (AvgIpc) is 2.56. The third-order valence-electron chi connectivity index (χ3n) is 6.09. The summed E-state index contributed by atoms with van der Waals surface area (Å²) in [6, 6.07) is 6.58. The second-order valence-corrected chi connectivity index (χ2v) is 7.26. The second-order valence-electron chi connectivity index (χ2n) is 7.26. The Morgan fingerprint density at radius 1 is 1.29 bits per heavy atom. The first-order valence-corrected chi connectivity index (χ1v) is 9.07. The highest BCUT2D eigenvalue weighted by Crippen LogP contribution is 2.48. The number of aliphatic hydroxyl groups is 1. The third-order valence-corrected chi connectivity index (χ3v) is 6.09. The van der Waals surface area contributed by atoms with Crippen LogP contribution in [0.3, 0.4) is 0 Å². The van der Waals surface area contributed by atoms with Crippen LogP contribution in [0.15, 0.2) is 24.3 Å². The molecule has 0 amide bonds. The zero-order valence-electron chi connectivity index (χ0n) is 14.5. The van der Waals surface area contributed by atoms with Crippen molar-refractivity contribution in [3.8, 4) is 0 Å². The molecular formula is C19H29FN2O2. The maximum absolute atomic E-state index is 13.3. The molecule has 1 aromatic carbocycles. The summed E-state index contributed by atoms with van der Waals surface area (Å²) >= 11 is 0. The SMILES string of the molecule is CCC(O)(CC(N)C1(c2ccc(F)cc2)CCC1)N1CCOCC1. The maximum atomic E-state index is 13.3. The number of ether oxygens (including phenoxy) is 1. The molecule has 2 aliphatic rings. The van der Waals surface area contributed by atoms with Crippen molar-refractivity contribution in [2.75, 3.05) is 26.3 Å². The molecule has 0 spiro atoms. The standard InChI is InChI=1S/C19H29FN2O2/c1-2-19(23,22-10-12-24-13-11-22)14-17(21)18(8-3-9-18)15-4-6-16(20)7-5-15/h4-7,17,23H,2-3,8-14,21H2,1H3. The van der Waals surface area contributed by atoms with E-state index in [-0.39, 0.29) is 17.3 Å². The van der Waals surface area contributed by atoms with E-state index in [4.69, 9.17) is 10.5 Å². The Morgan fingerprint density at radius 3 is 2.42 bits per heavy atom. The van der Waals surface area contributed by atoms with E-state index in [1.165, 1.54) is 12.1 Å². The predicted molar refractivity (Wildman–Crippen MR) is 92.2 cm³/mol. The van der Waals surface area contributed by atoms with Crippen molar-refractivity contribution in [3.05, 3.63) is 35.6 Å². The third kappa shape index (κ3) is 3.23. The summed E-state index contributed by atoms with van der Waals surface area (Å²) in [5.74, 6) is -0.222. The average molecular weight is 336 g/mol. The Balaban J connectivity index is 1.78. The van der Waals surface area contributed by atoms with E-state index < -0.39 is 5.72 Å². The smallest absolute Gasteiger partial charge is 0.123 e. The molecule has 24 heavy (non-hydrogen) atoms. The quantitative estimate of drug-likeness (QED) is 0.837. The van der Waals surface area contributed by atoms with Gasteiger partial charge in [0.1, 0.15) is 11.5 Å². The molecule has 1 aliphatic carbocycles. The van der Waals surface area contributed by atoms with E-state index >= 15 is 0 Å². The minimum atomic E-state index is -0.897. The van der Waals surface area contributed by atoms with Gasteiger partial charge in [-0.2, -0.15) is 0 Å². The van der Waals surface area contributed by atoms with E-state index in [1.54, 1.807) is 0 Å². The van der Waals surface area contributed by atoms with Crippen LogP contribution in [0.4, 0.5) is 4.39 Å². The molecule has 2 atom stereocenters. The normalized spacial score (nSPS) is 24.8. The molecule has 1 heterocycles. The summed E-state index contributed by atoms with van der Waals surface area (Å²) in [6.07, 6.45) is 4.31. The number of nitrogens with two attached hydrogens (primary N) is 1. The molecule has 1 aliphatic heterocycles. The largest absolute Gasteiger partial charge is 0.379 e. The van der Waals surface area contributed by atoms with Gasteiger partial charge in [0.25, 0.3) is 0 Å². The summed E-state index contributed by atoms with van der Waals surface area (Å²) in [7, 11) is 0. The van der Waals surface area contributed by atoms with Crippen LogP contribution in [-0.2, 0) is 10.2 Å². The molecular weight excluding hydrogens is 307 g/mol. The van der Waals surface area contributed by atoms with Crippen molar-refractivity contribution in [2.45, 2.75) is 56.2 Å². The highest BCUT2D eigenvalue weighted by molar-refractivity contribution is 5.31. The van der Waals surface area contributed by atoms with Gasteiger partial charge in [-0.3, -0.25) is 4.90 Å². The highest BCUT2D eigenvalue weighted by atomic mass is 19.1. The van der Waals surface area contributed by atoms with Gasteiger partial charge in [0, 0.05) is 31.0 Å². The van der Waals surface area contributed by atoms with E-state index in [0.29, 0.717) is 26.1 Å². The Labute approximate surface area is 143 Å². The lowest BCUT2D eigenvalue weighted by Crippen LogP contribution is -2.60. The van der Waals surface area contributed by atoms with Crippen molar-refractivity contribution >= 4 is 0 Å². The predicted octanol–water partition coefficient (Wildman–Crippen LogP) is 2.40. The van der Waals surface area contributed by atoms with Gasteiger partial charge in [-0.25, -0.2) is 4.39 Å². The van der Waals surface area contributed by atoms with Crippen LogP contribution in [0.1, 0.15) is 44.6 Å². The zero-order valence-corrected chi connectivity index (χ0v) is 14.5. The molecule has 1 saturated heterocycles. The second kappa shape index (κ2) is 7.08. The van der Waals surface area contributed by atoms with Gasteiger partial charge in [-0.05, 0) is 37.0 Å². The molecule has 2 fully saturated rings. The van der Waals surface area contributed by atoms with Crippen molar-refractivity contribution < 1.29 is 14.2 Å². The van der Waals surface area contributed by atoms with Gasteiger partial charge in [0.15, 0.2) is 0 Å². The van der Waals surface area contributed by atoms with E-state index in [9.17, 15) is 9.50 Å². The van der Waals surface area contributed by atoms with E-state index in [2.05, 4.69) is 4.90 Å². The Kier molecular flexibility index (Phi) is 5.25. The molecule has 3 rings (SSSR count). The van der Waals surface area contributed by atoms with Crippen LogP contribution in [0.5, 0.6) is 0 Å². The van der Waals surface area contributed by atoms with Gasteiger partial charge in [-0.15, -0.1) is 0 Å². The summed E-state index contributed by atoms with van der Waals surface area (Å²) < 4.78 is 18.7. The van der Waals surface area contributed by atoms with E-state index in [0.717, 1.165) is 37.9 Å². The molecule has 1 aromatic rings. The van der Waals surface area contributed by atoms with Gasteiger partial charge >= 0.3 is 0 Å². The lowest BCUT2D eigenvalue weighted by atomic mass is 9.59. The van der Waals surface area contributed by atoms with Gasteiger partial charge in [0.2, 0.25) is 0 Å². The number of rotatable bonds is 6. The first-order valence-electron chi connectivity index (χ1n) is 9.07. The molecule has 0 radical (unpaired) electrons. The van der Waals surface area contributed by atoms with Crippen LogP contribution in [0.2, 0.25) is 0 Å². The maximum Gasteiger partial charge on any atom is 0.123 e. The highest BCUT2D eigenvalue weighted by Gasteiger charge is 2.47. The monoisotopic (exact) mass is 336 g/mol. The van der Waals surface area contributed by atoms with Crippen LogP contribution >= 0.6 is 0 Å². The van der Waals surface area contributed by atoms with Gasteiger partial charge in [0.05, 0.1) is 13.2 Å². The first-order chi connectivity index (χ1) is 11.5. The van der Waals surface area contributed by atoms with Gasteiger partial charge < -0.3 is 15.6 Å². The summed E-state index contributed by atoms with van der Waals surface area (Å²) in [6.45, 7) is 4.79.